The van der Waals surface area contributed by atoms with E-state index in [4.69, 9.17) is 5.73 Å². The molecule has 0 aliphatic heterocycles. The fourth-order valence-electron chi connectivity index (χ4n) is 1.97. The Morgan fingerprint density at radius 2 is 1.76 bits per heavy atom. The average Bonchev–Trinajstić information content (AvgIpc) is 2.48. The monoisotopic (exact) mass is 283 g/mol. The molecule has 0 unspecified atom stereocenters. The Hall–Kier alpha value is -2.49. The third-order valence-corrected chi connectivity index (χ3v) is 3.35. The summed E-state index contributed by atoms with van der Waals surface area (Å²) in [6.45, 7) is 0.683. The minimum atomic E-state index is 0.104. The second-order valence-corrected chi connectivity index (χ2v) is 5.21. The SMILES string of the molecule is CN(C)C(=O)Cc1ccc(NCc2ccccc2N)cc1. The van der Waals surface area contributed by atoms with Crippen LogP contribution in [0.15, 0.2) is 48.5 Å². The number of hydrogen-bond acceptors (Lipinski definition) is 3. The molecule has 0 saturated carbocycles. The predicted octanol–water partition coefficient (Wildman–Crippen LogP) is 2.51. The fourth-order valence-corrected chi connectivity index (χ4v) is 1.97. The Morgan fingerprint density at radius 1 is 1.10 bits per heavy atom. The van der Waals surface area contributed by atoms with Gasteiger partial charge < -0.3 is 16.0 Å². The number of likely N-dealkylation sites (N-methyl/N-ethyl adjacent to an activating group) is 1. The Balaban J connectivity index is 1.94. The highest BCUT2D eigenvalue weighted by molar-refractivity contribution is 5.78. The van der Waals surface area contributed by atoms with E-state index in [-0.39, 0.29) is 5.91 Å². The van der Waals surface area contributed by atoms with Crippen LogP contribution in [-0.4, -0.2) is 24.9 Å². The van der Waals surface area contributed by atoms with E-state index in [0.717, 1.165) is 22.5 Å². The van der Waals surface area contributed by atoms with Crippen molar-refractivity contribution in [1.29, 1.82) is 0 Å². The molecule has 0 aliphatic rings. The number of benzene rings is 2. The molecule has 0 aliphatic carbocycles. The van der Waals surface area contributed by atoms with Gasteiger partial charge in [0.15, 0.2) is 0 Å². The summed E-state index contributed by atoms with van der Waals surface area (Å²) in [5.74, 6) is 0.104. The summed E-state index contributed by atoms with van der Waals surface area (Å²) in [6, 6.07) is 15.7. The summed E-state index contributed by atoms with van der Waals surface area (Å²) in [7, 11) is 3.53. The largest absolute Gasteiger partial charge is 0.398 e. The van der Waals surface area contributed by atoms with Gasteiger partial charge in [-0.1, -0.05) is 30.3 Å². The van der Waals surface area contributed by atoms with Crippen molar-refractivity contribution in [2.45, 2.75) is 13.0 Å². The lowest BCUT2D eigenvalue weighted by atomic mass is 10.1. The van der Waals surface area contributed by atoms with Crippen LogP contribution in [0.3, 0.4) is 0 Å². The molecule has 0 heterocycles. The molecule has 0 fully saturated rings. The van der Waals surface area contributed by atoms with Crippen LogP contribution in [-0.2, 0) is 17.8 Å². The zero-order valence-electron chi connectivity index (χ0n) is 12.5. The molecule has 0 atom stereocenters. The number of nitrogens with one attached hydrogen (secondary N) is 1. The number of amides is 1. The summed E-state index contributed by atoms with van der Waals surface area (Å²) in [4.78, 5) is 13.2. The van der Waals surface area contributed by atoms with Gasteiger partial charge in [-0.15, -0.1) is 0 Å². The minimum Gasteiger partial charge on any atom is -0.398 e. The lowest BCUT2D eigenvalue weighted by molar-refractivity contribution is -0.127. The van der Waals surface area contributed by atoms with E-state index in [0.29, 0.717) is 13.0 Å². The number of para-hydroxylation sites is 1. The molecule has 2 aromatic carbocycles. The number of nitrogen functional groups attached to an aromatic ring is 1. The smallest absolute Gasteiger partial charge is 0.226 e. The van der Waals surface area contributed by atoms with Crippen LogP contribution < -0.4 is 11.1 Å². The number of hydrogen-bond donors (Lipinski definition) is 2. The summed E-state index contributed by atoms with van der Waals surface area (Å²) in [5, 5.41) is 3.33. The molecule has 0 spiro atoms. The maximum absolute atomic E-state index is 11.6. The predicted molar refractivity (Wildman–Crippen MR) is 87.0 cm³/mol. The number of nitrogens with two attached hydrogens (primary N) is 1. The first-order valence-electron chi connectivity index (χ1n) is 6.92. The van der Waals surface area contributed by atoms with Gasteiger partial charge in [-0.05, 0) is 29.3 Å². The normalized spacial score (nSPS) is 10.2. The number of nitrogens with zero attached hydrogens (tertiary/aromatic N) is 1. The highest BCUT2D eigenvalue weighted by Crippen LogP contribution is 2.15. The van der Waals surface area contributed by atoms with Crippen molar-refractivity contribution in [3.8, 4) is 0 Å². The van der Waals surface area contributed by atoms with Gasteiger partial charge in [0.25, 0.3) is 0 Å². The van der Waals surface area contributed by atoms with Gasteiger partial charge in [0.2, 0.25) is 5.91 Å². The van der Waals surface area contributed by atoms with Gasteiger partial charge in [0.05, 0.1) is 6.42 Å². The average molecular weight is 283 g/mol. The summed E-state index contributed by atoms with van der Waals surface area (Å²) in [5.41, 5.74) is 9.80. The maximum atomic E-state index is 11.6. The molecule has 2 rings (SSSR count). The van der Waals surface area contributed by atoms with Gasteiger partial charge in [0.1, 0.15) is 0 Å². The van der Waals surface area contributed by atoms with Crippen LogP contribution in [0.5, 0.6) is 0 Å². The number of carbonyl (C=O) groups excluding carboxylic acids is 1. The van der Waals surface area contributed by atoms with Gasteiger partial charge in [0, 0.05) is 32.0 Å². The third-order valence-electron chi connectivity index (χ3n) is 3.35. The van der Waals surface area contributed by atoms with Crippen molar-refractivity contribution in [3.05, 3.63) is 59.7 Å². The van der Waals surface area contributed by atoms with Crippen LogP contribution in [0.4, 0.5) is 11.4 Å². The van der Waals surface area contributed by atoms with Gasteiger partial charge in [-0.3, -0.25) is 4.79 Å². The third kappa shape index (κ3) is 4.24. The minimum absolute atomic E-state index is 0.104. The van der Waals surface area contributed by atoms with E-state index in [2.05, 4.69) is 5.32 Å². The Labute approximate surface area is 125 Å². The summed E-state index contributed by atoms with van der Waals surface area (Å²) < 4.78 is 0. The molecular formula is C17H21N3O. The van der Waals surface area contributed by atoms with Crippen LogP contribution in [0.2, 0.25) is 0 Å². The van der Waals surface area contributed by atoms with Crippen molar-refractivity contribution >= 4 is 17.3 Å². The highest BCUT2D eigenvalue weighted by atomic mass is 16.2. The second kappa shape index (κ2) is 6.79. The van der Waals surface area contributed by atoms with Crippen LogP contribution >= 0.6 is 0 Å². The molecule has 0 saturated heterocycles. The number of anilines is 2. The summed E-state index contributed by atoms with van der Waals surface area (Å²) in [6.07, 6.45) is 0.429. The topological polar surface area (TPSA) is 58.4 Å². The molecule has 0 bridgehead atoms. The van der Waals surface area contributed by atoms with E-state index in [9.17, 15) is 4.79 Å². The number of rotatable bonds is 5. The van der Waals surface area contributed by atoms with Crippen LogP contribution in [0.25, 0.3) is 0 Å². The number of carbonyl (C=O) groups is 1. The molecule has 3 N–H and O–H groups in total. The molecule has 4 nitrogen and oxygen atoms in total. The van der Waals surface area contributed by atoms with Crippen LogP contribution in [0, 0.1) is 0 Å². The Bertz CT molecular complexity index is 606. The fraction of sp³-hybridized carbons (Fsp3) is 0.235. The standard InChI is InChI=1S/C17H21N3O/c1-20(2)17(21)11-13-7-9-15(10-8-13)19-12-14-5-3-4-6-16(14)18/h3-10,19H,11-12,18H2,1-2H3. The van der Waals surface area contributed by atoms with Gasteiger partial charge >= 0.3 is 0 Å². The molecule has 110 valence electrons. The van der Waals surface area contributed by atoms with Gasteiger partial charge in [-0.25, -0.2) is 0 Å². The Kier molecular flexibility index (Phi) is 4.82. The lowest BCUT2D eigenvalue weighted by Crippen LogP contribution is -2.23. The van der Waals surface area contributed by atoms with E-state index in [1.165, 1.54) is 0 Å². The van der Waals surface area contributed by atoms with E-state index in [1.807, 2.05) is 48.5 Å². The Morgan fingerprint density at radius 3 is 2.38 bits per heavy atom. The molecule has 1 amide bonds. The molecule has 4 heteroatoms. The van der Waals surface area contributed by atoms with E-state index < -0.39 is 0 Å². The first-order chi connectivity index (χ1) is 10.1. The summed E-state index contributed by atoms with van der Waals surface area (Å²) >= 11 is 0. The first-order valence-corrected chi connectivity index (χ1v) is 6.92. The maximum Gasteiger partial charge on any atom is 0.226 e. The molecular weight excluding hydrogens is 262 g/mol. The van der Waals surface area contributed by atoms with Crippen LogP contribution in [0.1, 0.15) is 11.1 Å². The van der Waals surface area contributed by atoms with E-state index in [1.54, 1.807) is 19.0 Å². The first kappa shape index (κ1) is 14.9. The lowest BCUT2D eigenvalue weighted by Gasteiger charge is -2.11. The molecule has 0 radical (unpaired) electrons. The quantitative estimate of drug-likeness (QED) is 0.829. The highest BCUT2D eigenvalue weighted by Gasteiger charge is 2.05. The van der Waals surface area contributed by atoms with E-state index >= 15 is 0 Å². The van der Waals surface area contributed by atoms with Crippen molar-refractivity contribution < 1.29 is 4.79 Å². The molecule has 21 heavy (non-hydrogen) atoms. The zero-order chi connectivity index (χ0) is 15.2. The molecule has 2 aromatic rings. The van der Waals surface area contributed by atoms with Crippen molar-refractivity contribution in [2.75, 3.05) is 25.1 Å². The van der Waals surface area contributed by atoms with Crippen molar-refractivity contribution in [3.63, 3.8) is 0 Å². The van der Waals surface area contributed by atoms with Crippen molar-refractivity contribution in [2.24, 2.45) is 0 Å². The second-order valence-electron chi connectivity index (χ2n) is 5.21. The van der Waals surface area contributed by atoms with Gasteiger partial charge in [-0.2, -0.15) is 0 Å². The van der Waals surface area contributed by atoms with Crippen molar-refractivity contribution in [1.82, 2.24) is 4.90 Å². The zero-order valence-corrected chi connectivity index (χ0v) is 12.5. The molecule has 0 aromatic heterocycles.